The van der Waals surface area contributed by atoms with Crippen molar-refractivity contribution in [1.82, 2.24) is 4.98 Å². The molecule has 0 atom stereocenters. The third-order valence-electron chi connectivity index (χ3n) is 2.82. The van der Waals surface area contributed by atoms with E-state index in [4.69, 9.17) is 11.6 Å². The van der Waals surface area contributed by atoms with Gasteiger partial charge in [0.15, 0.2) is 5.78 Å². The SMILES string of the molecule is Cc1cc(Br)ccc1C(=O)c1ccc(C(F)(F)F)nc1Cl. The van der Waals surface area contributed by atoms with Crippen LogP contribution in [0.15, 0.2) is 34.8 Å². The molecular formula is C14H8BrClF3NO. The van der Waals surface area contributed by atoms with Crippen molar-refractivity contribution in [2.24, 2.45) is 0 Å². The molecule has 0 spiro atoms. The number of rotatable bonds is 2. The normalized spacial score (nSPS) is 11.5. The van der Waals surface area contributed by atoms with E-state index in [0.29, 0.717) is 11.1 Å². The average Bonchev–Trinajstić information content (AvgIpc) is 2.36. The van der Waals surface area contributed by atoms with E-state index in [2.05, 4.69) is 20.9 Å². The van der Waals surface area contributed by atoms with Crippen molar-refractivity contribution in [3.8, 4) is 0 Å². The highest BCUT2D eigenvalue weighted by Crippen LogP contribution is 2.30. The van der Waals surface area contributed by atoms with Crippen LogP contribution in [0.5, 0.6) is 0 Å². The van der Waals surface area contributed by atoms with Gasteiger partial charge in [-0.1, -0.05) is 27.5 Å². The number of hydrogen-bond donors (Lipinski definition) is 0. The Morgan fingerprint density at radius 2 is 1.81 bits per heavy atom. The van der Waals surface area contributed by atoms with Gasteiger partial charge >= 0.3 is 6.18 Å². The molecule has 0 aliphatic rings. The van der Waals surface area contributed by atoms with Gasteiger partial charge in [-0.05, 0) is 42.8 Å². The molecular weight excluding hydrogens is 371 g/mol. The smallest absolute Gasteiger partial charge is 0.288 e. The van der Waals surface area contributed by atoms with Crippen LogP contribution in [0.2, 0.25) is 5.15 Å². The van der Waals surface area contributed by atoms with Gasteiger partial charge in [-0.3, -0.25) is 4.79 Å². The second-order valence-corrected chi connectivity index (χ2v) is 5.59. The number of aromatic nitrogens is 1. The summed E-state index contributed by atoms with van der Waals surface area (Å²) >= 11 is 9.00. The predicted molar refractivity (Wildman–Crippen MR) is 76.6 cm³/mol. The maximum atomic E-state index is 12.5. The summed E-state index contributed by atoms with van der Waals surface area (Å²) in [4.78, 5) is 15.6. The Morgan fingerprint density at radius 3 is 2.33 bits per heavy atom. The molecule has 1 heterocycles. The number of carbonyl (C=O) groups excluding carboxylic acids is 1. The first-order chi connectivity index (χ1) is 9.70. The Hall–Kier alpha value is -1.40. The van der Waals surface area contributed by atoms with Crippen LogP contribution in [-0.2, 0) is 6.18 Å². The Bertz CT molecular complexity index is 716. The highest BCUT2D eigenvalue weighted by atomic mass is 79.9. The lowest BCUT2D eigenvalue weighted by atomic mass is 10.00. The number of pyridine rings is 1. The van der Waals surface area contributed by atoms with Crippen LogP contribution in [-0.4, -0.2) is 10.8 Å². The molecule has 110 valence electrons. The van der Waals surface area contributed by atoms with E-state index in [-0.39, 0.29) is 5.56 Å². The highest BCUT2D eigenvalue weighted by Gasteiger charge is 2.33. The van der Waals surface area contributed by atoms with Gasteiger partial charge in [0.05, 0.1) is 5.56 Å². The fourth-order valence-corrected chi connectivity index (χ4v) is 2.50. The minimum Gasteiger partial charge on any atom is -0.288 e. The van der Waals surface area contributed by atoms with Crippen LogP contribution in [0.25, 0.3) is 0 Å². The summed E-state index contributed by atoms with van der Waals surface area (Å²) in [5, 5.41) is -0.461. The zero-order chi connectivity index (χ0) is 15.8. The number of aryl methyl sites for hydroxylation is 1. The van der Waals surface area contributed by atoms with E-state index in [1.807, 2.05) is 0 Å². The first kappa shape index (κ1) is 16.0. The number of nitrogens with zero attached hydrogens (tertiary/aromatic N) is 1. The monoisotopic (exact) mass is 377 g/mol. The lowest BCUT2D eigenvalue weighted by molar-refractivity contribution is -0.141. The molecule has 2 nitrogen and oxygen atoms in total. The van der Waals surface area contributed by atoms with Gasteiger partial charge in [-0.15, -0.1) is 0 Å². The first-order valence-corrected chi connectivity index (χ1v) is 6.92. The minimum atomic E-state index is -4.60. The third kappa shape index (κ3) is 3.44. The summed E-state index contributed by atoms with van der Waals surface area (Å²) in [5.41, 5.74) is -0.140. The number of carbonyl (C=O) groups is 1. The van der Waals surface area contributed by atoms with Gasteiger partial charge in [0.1, 0.15) is 10.8 Å². The van der Waals surface area contributed by atoms with Crippen molar-refractivity contribution in [2.75, 3.05) is 0 Å². The first-order valence-electron chi connectivity index (χ1n) is 5.74. The maximum absolute atomic E-state index is 12.5. The number of benzene rings is 1. The molecule has 1 aromatic carbocycles. The quantitative estimate of drug-likeness (QED) is 0.540. The Labute approximate surface area is 132 Å². The van der Waals surface area contributed by atoms with Crippen LogP contribution in [0.3, 0.4) is 0 Å². The number of alkyl halides is 3. The van der Waals surface area contributed by atoms with Gasteiger partial charge in [-0.25, -0.2) is 4.98 Å². The molecule has 0 saturated heterocycles. The zero-order valence-electron chi connectivity index (χ0n) is 10.6. The summed E-state index contributed by atoms with van der Waals surface area (Å²) in [6.07, 6.45) is -4.60. The summed E-state index contributed by atoms with van der Waals surface area (Å²) in [7, 11) is 0. The molecule has 0 bridgehead atoms. The molecule has 7 heteroatoms. The van der Waals surface area contributed by atoms with E-state index < -0.39 is 22.8 Å². The highest BCUT2D eigenvalue weighted by molar-refractivity contribution is 9.10. The number of ketones is 1. The van der Waals surface area contributed by atoms with Gasteiger partial charge in [0.25, 0.3) is 0 Å². The molecule has 2 rings (SSSR count). The Balaban J connectivity index is 2.45. The van der Waals surface area contributed by atoms with Crippen LogP contribution in [0.1, 0.15) is 27.2 Å². The lowest BCUT2D eigenvalue weighted by Crippen LogP contribution is -2.11. The lowest BCUT2D eigenvalue weighted by Gasteiger charge is -2.10. The average molecular weight is 379 g/mol. The van der Waals surface area contributed by atoms with E-state index in [9.17, 15) is 18.0 Å². The molecule has 0 saturated carbocycles. The fourth-order valence-electron chi connectivity index (χ4n) is 1.79. The second-order valence-electron chi connectivity index (χ2n) is 4.32. The predicted octanol–water partition coefficient (Wildman–Crippen LogP) is 5.06. The van der Waals surface area contributed by atoms with Gasteiger partial charge in [-0.2, -0.15) is 13.2 Å². The van der Waals surface area contributed by atoms with Crippen molar-refractivity contribution >= 4 is 33.3 Å². The van der Waals surface area contributed by atoms with Crippen LogP contribution >= 0.6 is 27.5 Å². The van der Waals surface area contributed by atoms with Gasteiger partial charge in [0, 0.05) is 10.0 Å². The molecule has 21 heavy (non-hydrogen) atoms. The second kappa shape index (κ2) is 5.77. The van der Waals surface area contributed by atoms with Crippen molar-refractivity contribution in [1.29, 1.82) is 0 Å². The topological polar surface area (TPSA) is 30.0 Å². The molecule has 0 N–H and O–H groups in total. The van der Waals surface area contributed by atoms with Crippen molar-refractivity contribution in [3.63, 3.8) is 0 Å². The summed E-state index contributed by atoms with van der Waals surface area (Å²) < 4.78 is 38.4. The zero-order valence-corrected chi connectivity index (χ0v) is 13.0. The van der Waals surface area contributed by atoms with Crippen molar-refractivity contribution < 1.29 is 18.0 Å². The maximum Gasteiger partial charge on any atom is 0.433 e. The van der Waals surface area contributed by atoms with Crippen LogP contribution in [0, 0.1) is 6.92 Å². The molecule has 0 aliphatic heterocycles. The van der Waals surface area contributed by atoms with E-state index in [1.54, 1.807) is 25.1 Å². The van der Waals surface area contributed by atoms with E-state index in [0.717, 1.165) is 16.6 Å². The minimum absolute atomic E-state index is 0.0601. The number of halogens is 5. The standard InChI is InChI=1S/C14H8BrClF3NO/c1-7-6-8(15)2-3-9(7)12(21)10-4-5-11(14(17,18)19)20-13(10)16/h2-6H,1H3. The Morgan fingerprint density at radius 1 is 1.19 bits per heavy atom. The molecule has 0 aliphatic carbocycles. The molecule has 0 unspecified atom stereocenters. The summed E-state index contributed by atoms with van der Waals surface area (Å²) in [6, 6.07) is 6.77. The summed E-state index contributed by atoms with van der Waals surface area (Å²) in [5.74, 6) is -0.466. The molecule has 1 aromatic heterocycles. The van der Waals surface area contributed by atoms with Crippen molar-refractivity contribution in [2.45, 2.75) is 13.1 Å². The van der Waals surface area contributed by atoms with Gasteiger partial charge in [0.2, 0.25) is 0 Å². The number of hydrogen-bond acceptors (Lipinski definition) is 2. The largest absolute Gasteiger partial charge is 0.433 e. The van der Waals surface area contributed by atoms with E-state index in [1.165, 1.54) is 0 Å². The van der Waals surface area contributed by atoms with Crippen LogP contribution in [0.4, 0.5) is 13.2 Å². The van der Waals surface area contributed by atoms with Gasteiger partial charge < -0.3 is 0 Å². The fraction of sp³-hybridized carbons (Fsp3) is 0.143. The van der Waals surface area contributed by atoms with Crippen LogP contribution < -0.4 is 0 Å². The molecule has 0 fully saturated rings. The third-order valence-corrected chi connectivity index (χ3v) is 3.60. The molecule has 2 aromatic rings. The van der Waals surface area contributed by atoms with Crippen molar-refractivity contribution in [3.05, 3.63) is 62.3 Å². The molecule has 0 amide bonds. The molecule has 0 radical (unpaired) electrons. The van der Waals surface area contributed by atoms with E-state index >= 15 is 0 Å². The Kier molecular flexibility index (Phi) is 4.39. The summed E-state index contributed by atoms with van der Waals surface area (Å²) in [6.45, 7) is 1.73.